The minimum absolute atomic E-state index is 0.0703. The highest BCUT2D eigenvalue weighted by Crippen LogP contribution is 2.42. The Morgan fingerprint density at radius 3 is 2.82 bits per heavy atom. The Balaban J connectivity index is 2.01. The molecule has 3 aromatic heterocycles. The van der Waals surface area contributed by atoms with Crippen LogP contribution in [-0.4, -0.2) is 32.1 Å². The van der Waals surface area contributed by atoms with Gasteiger partial charge in [0.1, 0.15) is 11.3 Å². The van der Waals surface area contributed by atoms with Crippen molar-refractivity contribution in [2.24, 2.45) is 5.92 Å². The molecular weight excluding hydrogens is 372 g/mol. The summed E-state index contributed by atoms with van der Waals surface area (Å²) in [6.07, 6.45) is 2.22. The number of nitrogens with one attached hydrogen (secondary N) is 1. The smallest absolute Gasteiger partial charge is 0.387 e. The molecule has 3 aromatic rings. The van der Waals surface area contributed by atoms with E-state index in [0.717, 1.165) is 5.69 Å². The summed E-state index contributed by atoms with van der Waals surface area (Å²) in [7, 11) is 0. The molecule has 2 N–H and O–H groups in total. The second-order valence-electron chi connectivity index (χ2n) is 7.05. The first kappa shape index (κ1) is 18.1. The van der Waals surface area contributed by atoms with Crippen molar-refractivity contribution in [1.29, 1.82) is 0 Å². The molecule has 0 fully saturated rings. The van der Waals surface area contributed by atoms with Gasteiger partial charge >= 0.3 is 12.6 Å². The standard InChI is InChI=1S/C19H17F2N3O4/c1-8(2)9-7-12-15(14-10(9)6-11(18(26)27)17(25)23-14)22-16-13(28-19(20)21)4-3-5-24(12)16/h3-6,8-9,19H,7H2,1-2H3,(H,23,25)(H,26,27)/t9-/m1/s1. The number of pyridine rings is 2. The van der Waals surface area contributed by atoms with Crippen LogP contribution in [0.1, 0.15) is 41.4 Å². The van der Waals surface area contributed by atoms with Gasteiger partial charge in [-0.2, -0.15) is 8.78 Å². The molecule has 3 heterocycles. The molecule has 1 aliphatic rings. The number of hydrogen-bond acceptors (Lipinski definition) is 4. The van der Waals surface area contributed by atoms with Crippen molar-refractivity contribution in [2.45, 2.75) is 32.8 Å². The summed E-state index contributed by atoms with van der Waals surface area (Å²) in [6, 6.07) is 4.38. The van der Waals surface area contributed by atoms with Crippen LogP contribution < -0.4 is 10.3 Å². The maximum Gasteiger partial charge on any atom is 0.387 e. The Morgan fingerprint density at radius 1 is 1.43 bits per heavy atom. The minimum atomic E-state index is -2.99. The van der Waals surface area contributed by atoms with E-state index in [2.05, 4.69) is 14.7 Å². The van der Waals surface area contributed by atoms with E-state index in [-0.39, 0.29) is 28.8 Å². The molecule has 4 rings (SSSR count). The van der Waals surface area contributed by atoms with Crippen LogP contribution in [0.3, 0.4) is 0 Å². The summed E-state index contributed by atoms with van der Waals surface area (Å²) in [6.45, 7) is 1.01. The number of rotatable bonds is 4. The minimum Gasteiger partial charge on any atom is -0.477 e. The van der Waals surface area contributed by atoms with Crippen molar-refractivity contribution >= 4 is 11.6 Å². The molecule has 28 heavy (non-hydrogen) atoms. The first-order valence-electron chi connectivity index (χ1n) is 8.73. The molecule has 1 atom stereocenters. The molecular formula is C19H17F2N3O4. The molecule has 0 aliphatic heterocycles. The second kappa shape index (κ2) is 6.43. The van der Waals surface area contributed by atoms with Gasteiger partial charge in [-0.05, 0) is 42.0 Å². The molecule has 1 aliphatic carbocycles. The highest BCUT2D eigenvalue weighted by atomic mass is 19.3. The van der Waals surface area contributed by atoms with Gasteiger partial charge in [0.25, 0.3) is 5.56 Å². The number of ether oxygens (including phenoxy) is 1. The quantitative estimate of drug-likeness (QED) is 0.714. The maximum absolute atomic E-state index is 12.7. The fourth-order valence-corrected chi connectivity index (χ4v) is 3.78. The summed E-state index contributed by atoms with van der Waals surface area (Å²) in [5, 5.41) is 9.29. The van der Waals surface area contributed by atoms with Crippen molar-refractivity contribution < 1.29 is 23.4 Å². The lowest BCUT2D eigenvalue weighted by Gasteiger charge is -2.28. The third-order valence-corrected chi connectivity index (χ3v) is 5.09. The summed E-state index contributed by atoms with van der Waals surface area (Å²) >= 11 is 0. The predicted molar refractivity (Wildman–Crippen MR) is 96.1 cm³/mol. The number of halogens is 2. The van der Waals surface area contributed by atoms with Crippen LogP contribution >= 0.6 is 0 Å². The van der Waals surface area contributed by atoms with Crippen molar-refractivity contribution in [1.82, 2.24) is 14.4 Å². The van der Waals surface area contributed by atoms with Gasteiger partial charge in [0.05, 0.1) is 11.4 Å². The summed E-state index contributed by atoms with van der Waals surface area (Å²) < 4.78 is 31.7. The van der Waals surface area contributed by atoms with Gasteiger partial charge in [-0.15, -0.1) is 0 Å². The van der Waals surface area contributed by atoms with Crippen molar-refractivity contribution in [3.8, 4) is 17.1 Å². The monoisotopic (exact) mass is 389 g/mol. The molecule has 0 saturated heterocycles. The molecule has 0 bridgehead atoms. The van der Waals surface area contributed by atoms with Crippen LogP contribution in [0.25, 0.3) is 17.0 Å². The number of H-pyrrole nitrogens is 1. The fourth-order valence-electron chi connectivity index (χ4n) is 3.78. The fraction of sp³-hybridized carbons (Fsp3) is 0.316. The molecule has 0 unspecified atom stereocenters. The topological polar surface area (TPSA) is 96.7 Å². The van der Waals surface area contributed by atoms with Crippen molar-refractivity contribution in [2.75, 3.05) is 0 Å². The molecule has 0 aromatic carbocycles. The highest BCUT2D eigenvalue weighted by Gasteiger charge is 2.33. The predicted octanol–water partition coefficient (Wildman–Crippen LogP) is 3.28. The van der Waals surface area contributed by atoms with Crippen LogP contribution in [0, 0.1) is 5.92 Å². The normalized spacial score (nSPS) is 15.7. The molecule has 0 spiro atoms. The summed E-state index contributed by atoms with van der Waals surface area (Å²) in [5.41, 5.74) is 1.43. The van der Waals surface area contributed by atoms with E-state index >= 15 is 0 Å². The average Bonchev–Trinajstić information content (AvgIpc) is 2.99. The van der Waals surface area contributed by atoms with Crippen LogP contribution in [0.15, 0.2) is 29.2 Å². The van der Waals surface area contributed by atoms with Gasteiger partial charge in [0.15, 0.2) is 11.4 Å². The number of imidazole rings is 1. The van der Waals surface area contributed by atoms with E-state index in [1.165, 1.54) is 12.1 Å². The van der Waals surface area contributed by atoms with Gasteiger partial charge < -0.3 is 19.2 Å². The Labute approximate surface area is 157 Å². The number of nitrogens with zero attached hydrogens (tertiary/aromatic N) is 2. The van der Waals surface area contributed by atoms with Gasteiger partial charge in [-0.3, -0.25) is 4.79 Å². The number of aromatic nitrogens is 3. The number of fused-ring (bicyclic) bond motifs is 5. The number of aromatic amines is 1. The average molecular weight is 389 g/mol. The Morgan fingerprint density at radius 2 is 2.18 bits per heavy atom. The van der Waals surface area contributed by atoms with Gasteiger partial charge in [0.2, 0.25) is 0 Å². The second-order valence-corrected chi connectivity index (χ2v) is 7.05. The van der Waals surface area contributed by atoms with Gasteiger partial charge in [0, 0.05) is 6.20 Å². The Kier molecular flexibility index (Phi) is 4.17. The van der Waals surface area contributed by atoms with E-state index < -0.39 is 18.1 Å². The zero-order chi connectivity index (χ0) is 20.2. The van der Waals surface area contributed by atoms with E-state index in [0.29, 0.717) is 23.4 Å². The first-order valence-corrected chi connectivity index (χ1v) is 8.73. The number of carboxylic acids is 1. The van der Waals surface area contributed by atoms with Crippen molar-refractivity contribution in [3.05, 3.63) is 51.6 Å². The van der Waals surface area contributed by atoms with E-state index in [1.54, 1.807) is 16.7 Å². The lowest BCUT2D eigenvalue weighted by Crippen LogP contribution is -2.25. The van der Waals surface area contributed by atoms with E-state index in [1.807, 2.05) is 13.8 Å². The SMILES string of the molecule is CC(C)[C@H]1Cc2c(nc3c(OC(F)F)cccn23)-c2[nH]c(=O)c(C(=O)O)cc21. The third-order valence-electron chi connectivity index (χ3n) is 5.09. The van der Waals surface area contributed by atoms with E-state index in [4.69, 9.17) is 0 Å². The number of carbonyl (C=O) groups is 1. The molecule has 0 radical (unpaired) electrons. The van der Waals surface area contributed by atoms with Crippen LogP contribution in [0.4, 0.5) is 8.78 Å². The van der Waals surface area contributed by atoms with Crippen molar-refractivity contribution in [3.63, 3.8) is 0 Å². The Bertz CT molecular complexity index is 1150. The molecule has 9 heteroatoms. The van der Waals surface area contributed by atoms with E-state index in [9.17, 15) is 23.5 Å². The molecule has 0 saturated carbocycles. The van der Waals surface area contributed by atoms with Gasteiger partial charge in [-0.25, -0.2) is 9.78 Å². The zero-order valence-corrected chi connectivity index (χ0v) is 15.1. The van der Waals surface area contributed by atoms with Crippen LogP contribution in [0.5, 0.6) is 5.75 Å². The van der Waals surface area contributed by atoms with Gasteiger partial charge in [-0.1, -0.05) is 13.8 Å². The van der Waals surface area contributed by atoms with Crippen LogP contribution in [-0.2, 0) is 6.42 Å². The summed E-state index contributed by atoms with van der Waals surface area (Å²) in [4.78, 5) is 30.7. The van der Waals surface area contributed by atoms with Crippen LogP contribution in [0.2, 0.25) is 0 Å². The summed E-state index contributed by atoms with van der Waals surface area (Å²) in [5.74, 6) is -1.30. The number of aromatic carboxylic acids is 1. The lowest BCUT2D eigenvalue weighted by molar-refractivity contribution is -0.0491. The lowest BCUT2D eigenvalue weighted by atomic mass is 9.79. The maximum atomic E-state index is 12.7. The Hall–Kier alpha value is -3.23. The zero-order valence-electron chi connectivity index (χ0n) is 15.1. The number of alkyl halides is 2. The highest BCUT2D eigenvalue weighted by molar-refractivity contribution is 5.88. The largest absolute Gasteiger partial charge is 0.477 e. The molecule has 0 amide bonds. The first-order chi connectivity index (χ1) is 13.3. The molecule has 7 nitrogen and oxygen atoms in total. The number of hydrogen-bond donors (Lipinski definition) is 2. The number of carboxylic acid groups (broad SMARTS) is 1. The molecule has 146 valence electrons. The third kappa shape index (κ3) is 2.74.